The minimum absolute atomic E-state index is 0.498. The zero-order valence-corrected chi connectivity index (χ0v) is 10.9. The SMILES string of the molecule is CC(C)c1ncc(Cn2nccn2)cc1C1CC1. The van der Waals surface area contributed by atoms with Crippen molar-refractivity contribution in [2.24, 2.45) is 0 Å². The molecular weight excluding hydrogens is 224 g/mol. The standard InChI is InChI=1S/C14H18N4/c1-10(2)14-13(12-3-4-12)7-11(8-15-14)9-18-16-5-6-17-18/h5-8,10,12H,3-4,9H2,1-2H3. The molecular formula is C14H18N4. The average molecular weight is 242 g/mol. The summed E-state index contributed by atoms with van der Waals surface area (Å²) < 4.78 is 0. The fraction of sp³-hybridized carbons (Fsp3) is 0.500. The summed E-state index contributed by atoms with van der Waals surface area (Å²) in [6, 6.07) is 2.30. The number of pyridine rings is 1. The van der Waals surface area contributed by atoms with Crippen LogP contribution in [0.15, 0.2) is 24.7 Å². The Hall–Kier alpha value is -1.71. The third kappa shape index (κ3) is 2.28. The second-order valence-corrected chi connectivity index (χ2v) is 5.31. The third-order valence-electron chi connectivity index (χ3n) is 3.36. The highest BCUT2D eigenvalue weighted by Crippen LogP contribution is 2.42. The Bertz CT molecular complexity index is 527. The number of aromatic nitrogens is 4. The Morgan fingerprint density at radius 3 is 2.61 bits per heavy atom. The lowest BCUT2D eigenvalue weighted by molar-refractivity contribution is 0.588. The molecule has 4 heteroatoms. The Morgan fingerprint density at radius 1 is 1.28 bits per heavy atom. The highest BCUT2D eigenvalue weighted by atomic mass is 15.5. The first-order chi connectivity index (χ1) is 8.74. The fourth-order valence-electron chi connectivity index (χ4n) is 2.32. The number of hydrogen-bond acceptors (Lipinski definition) is 3. The van der Waals surface area contributed by atoms with Gasteiger partial charge in [-0.25, -0.2) is 0 Å². The van der Waals surface area contributed by atoms with Crippen molar-refractivity contribution >= 4 is 0 Å². The van der Waals surface area contributed by atoms with Crippen molar-refractivity contribution in [3.8, 4) is 0 Å². The molecule has 0 N–H and O–H groups in total. The summed E-state index contributed by atoms with van der Waals surface area (Å²) in [5.74, 6) is 1.23. The van der Waals surface area contributed by atoms with Gasteiger partial charge in [0.25, 0.3) is 0 Å². The van der Waals surface area contributed by atoms with Crippen molar-refractivity contribution in [3.63, 3.8) is 0 Å². The molecule has 0 atom stereocenters. The van der Waals surface area contributed by atoms with Crippen molar-refractivity contribution < 1.29 is 0 Å². The maximum absolute atomic E-state index is 4.65. The van der Waals surface area contributed by atoms with E-state index in [1.54, 1.807) is 17.2 Å². The van der Waals surface area contributed by atoms with Crippen LogP contribution in [-0.2, 0) is 6.54 Å². The van der Waals surface area contributed by atoms with Gasteiger partial charge in [-0.05, 0) is 35.8 Å². The first kappa shape index (κ1) is 11.4. The molecule has 2 aromatic heterocycles. The summed E-state index contributed by atoms with van der Waals surface area (Å²) in [5, 5.41) is 8.27. The number of nitrogens with zero attached hydrogens (tertiary/aromatic N) is 4. The van der Waals surface area contributed by atoms with Crippen LogP contribution in [-0.4, -0.2) is 20.0 Å². The van der Waals surface area contributed by atoms with Crippen LogP contribution < -0.4 is 0 Å². The van der Waals surface area contributed by atoms with E-state index in [1.807, 2.05) is 6.20 Å². The van der Waals surface area contributed by atoms with Crippen LogP contribution in [0.5, 0.6) is 0 Å². The Balaban J connectivity index is 1.90. The van der Waals surface area contributed by atoms with E-state index in [1.165, 1.54) is 29.7 Å². The molecule has 0 bridgehead atoms. The molecule has 2 heterocycles. The zero-order valence-electron chi connectivity index (χ0n) is 10.9. The van der Waals surface area contributed by atoms with Gasteiger partial charge in [-0.2, -0.15) is 15.0 Å². The minimum atomic E-state index is 0.498. The highest BCUT2D eigenvalue weighted by molar-refractivity contribution is 5.33. The predicted octanol–water partition coefficient (Wildman–Crippen LogP) is 2.72. The normalized spacial score (nSPS) is 15.3. The summed E-state index contributed by atoms with van der Waals surface area (Å²) in [6.45, 7) is 5.13. The van der Waals surface area contributed by atoms with Crippen LogP contribution in [0.4, 0.5) is 0 Å². The summed E-state index contributed by atoms with van der Waals surface area (Å²) in [6.07, 6.45) is 8.00. The molecule has 0 aromatic carbocycles. The van der Waals surface area contributed by atoms with Gasteiger partial charge >= 0.3 is 0 Å². The largest absolute Gasteiger partial charge is 0.260 e. The molecule has 1 aliphatic carbocycles. The Labute approximate surface area is 107 Å². The van der Waals surface area contributed by atoms with Gasteiger partial charge in [-0.3, -0.25) is 4.98 Å². The van der Waals surface area contributed by atoms with Crippen LogP contribution in [0.3, 0.4) is 0 Å². The van der Waals surface area contributed by atoms with E-state index in [0.29, 0.717) is 12.5 Å². The fourth-order valence-corrected chi connectivity index (χ4v) is 2.32. The summed E-state index contributed by atoms with van der Waals surface area (Å²) in [7, 11) is 0. The molecule has 3 rings (SSSR count). The third-order valence-corrected chi connectivity index (χ3v) is 3.36. The first-order valence-electron chi connectivity index (χ1n) is 6.57. The molecule has 0 saturated heterocycles. The van der Waals surface area contributed by atoms with E-state index in [0.717, 1.165) is 5.92 Å². The van der Waals surface area contributed by atoms with Crippen molar-refractivity contribution in [1.29, 1.82) is 0 Å². The van der Waals surface area contributed by atoms with Gasteiger partial charge in [0.15, 0.2) is 0 Å². The van der Waals surface area contributed by atoms with Gasteiger partial charge in [0.1, 0.15) is 0 Å². The Kier molecular flexibility index (Phi) is 2.86. The minimum Gasteiger partial charge on any atom is -0.260 e. The lowest BCUT2D eigenvalue weighted by Crippen LogP contribution is -2.06. The molecule has 0 amide bonds. The molecule has 18 heavy (non-hydrogen) atoms. The van der Waals surface area contributed by atoms with E-state index < -0.39 is 0 Å². The van der Waals surface area contributed by atoms with E-state index in [4.69, 9.17) is 0 Å². The lowest BCUT2D eigenvalue weighted by Gasteiger charge is -2.12. The van der Waals surface area contributed by atoms with E-state index in [2.05, 4.69) is 35.1 Å². The van der Waals surface area contributed by atoms with Crippen molar-refractivity contribution in [1.82, 2.24) is 20.0 Å². The molecule has 0 radical (unpaired) electrons. The van der Waals surface area contributed by atoms with E-state index in [-0.39, 0.29) is 0 Å². The molecule has 94 valence electrons. The van der Waals surface area contributed by atoms with E-state index >= 15 is 0 Å². The number of hydrogen-bond donors (Lipinski definition) is 0. The zero-order chi connectivity index (χ0) is 12.5. The van der Waals surface area contributed by atoms with Gasteiger partial charge in [0.05, 0.1) is 18.9 Å². The smallest absolute Gasteiger partial charge is 0.0872 e. The van der Waals surface area contributed by atoms with Crippen LogP contribution in [0, 0.1) is 0 Å². The van der Waals surface area contributed by atoms with Crippen molar-refractivity contribution in [2.75, 3.05) is 0 Å². The second-order valence-electron chi connectivity index (χ2n) is 5.31. The van der Waals surface area contributed by atoms with Gasteiger partial charge in [-0.15, -0.1) is 0 Å². The van der Waals surface area contributed by atoms with Crippen LogP contribution >= 0.6 is 0 Å². The molecule has 0 unspecified atom stereocenters. The predicted molar refractivity (Wildman–Crippen MR) is 69.4 cm³/mol. The van der Waals surface area contributed by atoms with Gasteiger partial charge in [-0.1, -0.05) is 19.9 Å². The summed E-state index contributed by atoms with van der Waals surface area (Å²) in [5.41, 5.74) is 3.89. The maximum atomic E-state index is 4.65. The van der Waals surface area contributed by atoms with Crippen molar-refractivity contribution in [2.45, 2.75) is 45.1 Å². The monoisotopic (exact) mass is 242 g/mol. The molecule has 0 spiro atoms. The topological polar surface area (TPSA) is 43.6 Å². The molecule has 4 nitrogen and oxygen atoms in total. The molecule has 1 saturated carbocycles. The van der Waals surface area contributed by atoms with Crippen LogP contribution in [0.2, 0.25) is 0 Å². The first-order valence-corrected chi connectivity index (χ1v) is 6.57. The van der Waals surface area contributed by atoms with Crippen LogP contribution in [0.25, 0.3) is 0 Å². The van der Waals surface area contributed by atoms with Gasteiger partial charge in [0.2, 0.25) is 0 Å². The molecule has 1 aliphatic rings. The van der Waals surface area contributed by atoms with Gasteiger partial charge in [0, 0.05) is 11.9 Å². The van der Waals surface area contributed by atoms with E-state index in [9.17, 15) is 0 Å². The summed E-state index contributed by atoms with van der Waals surface area (Å²) in [4.78, 5) is 6.35. The maximum Gasteiger partial charge on any atom is 0.0872 e. The lowest BCUT2D eigenvalue weighted by atomic mass is 9.99. The van der Waals surface area contributed by atoms with Crippen molar-refractivity contribution in [3.05, 3.63) is 41.5 Å². The molecule has 2 aromatic rings. The molecule has 0 aliphatic heterocycles. The van der Waals surface area contributed by atoms with Gasteiger partial charge < -0.3 is 0 Å². The second kappa shape index (κ2) is 4.52. The average Bonchev–Trinajstić information content (AvgIpc) is 3.08. The number of rotatable bonds is 4. The quantitative estimate of drug-likeness (QED) is 0.828. The Morgan fingerprint density at radius 2 is 2.00 bits per heavy atom. The molecule has 1 fully saturated rings. The summed E-state index contributed by atoms with van der Waals surface area (Å²) >= 11 is 0. The van der Waals surface area contributed by atoms with Crippen LogP contribution in [0.1, 0.15) is 55.3 Å². The highest BCUT2D eigenvalue weighted by Gasteiger charge is 2.27.